The molecular formula is C25H30N4O3S. The molecule has 1 amide bonds. The number of amides is 1. The van der Waals surface area contributed by atoms with Crippen LogP contribution in [0, 0.1) is 5.92 Å². The molecule has 0 radical (unpaired) electrons. The SMILES string of the molecule is CCc1ccccc1NC=C1C(=O)N(c2ccc(S(=O)(=O)N3CCC(C)CC3)cc2)N=C1C. The molecule has 0 atom stereocenters. The summed E-state index contributed by atoms with van der Waals surface area (Å²) in [4.78, 5) is 13.3. The molecule has 0 unspecified atom stereocenters. The Morgan fingerprint density at radius 3 is 2.42 bits per heavy atom. The highest BCUT2D eigenvalue weighted by Gasteiger charge is 2.31. The second kappa shape index (κ2) is 9.49. The van der Waals surface area contributed by atoms with Crippen molar-refractivity contribution in [2.24, 2.45) is 11.0 Å². The van der Waals surface area contributed by atoms with Crippen molar-refractivity contribution in [2.75, 3.05) is 23.4 Å². The Morgan fingerprint density at radius 1 is 1.09 bits per heavy atom. The Hall–Kier alpha value is -2.97. The number of rotatable bonds is 6. The summed E-state index contributed by atoms with van der Waals surface area (Å²) >= 11 is 0. The molecule has 0 saturated carbocycles. The number of piperidine rings is 1. The molecule has 2 aliphatic heterocycles. The fourth-order valence-corrected chi connectivity index (χ4v) is 5.58. The average molecular weight is 467 g/mol. The molecule has 8 heteroatoms. The number of nitrogens with one attached hydrogen (secondary N) is 1. The highest BCUT2D eigenvalue weighted by molar-refractivity contribution is 7.89. The summed E-state index contributed by atoms with van der Waals surface area (Å²) in [5, 5.41) is 8.94. The van der Waals surface area contributed by atoms with Gasteiger partial charge in [-0.25, -0.2) is 8.42 Å². The monoisotopic (exact) mass is 466 g/mol. The minimum Gasteiger partial charge on any atom is -0.361 e. The van der Waals surface area contributed by atoms with Gasteiger partial charge in [0.05, 0.1) is 21.9 Å². The van der Waals surface area contributed by atoms with Gasteiger partial charge in [-0.15, -0.1) is 0 Å². The minimum absolute atomic E-state index is 0.238. The van der Waals surface area contributed by atoms with Crippen LogP contribution >= 0.6 is 0 Å². The molecular weight excluding hydrogens is 436 g/mol. The third kappa shape index (κ3) is 4.72. The summed E-state index contributed by atoms with van der Waals surface area (Å²) in [5.74, 6) is 0.294. The zero-order valence-electron chi connectivity index (χ0n) is 19.3. The topological polar surface area (TPSA) is 82.1 Å². The van der Waals surface area contributed by atoms with E-state index in [9.17, 15) is 13.2 Å². The lowest BCUT2D eigenvalue weighted by molar-refractivity contribution is -0.114. The van der Waals surface area contributed by atoms with Crippen LogP contribution in [0.3, 0.4) is 0 Å². The predicted molar refractivity (Wildman–Crippen MR) is 132 cm³/mol. The molecule has 1 saturated heterocycles. The Morgan fingerprint density at radius 2 is 1.76 bits per heavy atom. The number of carbonyl (C=O) groups is 1. The van der Waals surface area contributed by atoms with Crippen molar-refractivity contribution in [1.82, 2.24) is 4.31 Å². The smallest absolute Gasteiger partial charge is 0.282 e. The Bertz CT molecular complexity index is 1190. The maximum atomic E-state index is 13.0. The number of para-hydroxylation sites is 1. The normalized spacial score (nSPS) is 19.2. The van der Waals surface area contributed by atoms with Crippen LogP contribution in [0.15, 0.2) is 70.3 Å². The molecule has 174 valence electrons. The Kier molecular flexibility index (Phi) is 6.67. The molecule has 2 aromatic rings. The molecule has 0 aromatic heterocycles. The first-order valence-corrected chi connectivity index (χ1v) is 12.8. The van der Waals surface area contributed by atoms with Crippen LogP contribution in [0.4, 0.5) is 11.4 Å². The standard InChI is InChI=1S/C25H30N4O3S/c1-4-20-7-5-6-8-24(20)26-17-23-19(3)27-29(25(23)30)21-9-11-22(12-10-21)33(31,32)28-15-13-18(2)14-16-28/h5-12,17-18,26H,4,13-16H2,1-3H3. The van der Waals surface area contributed by atoms with Crippen molar-refractivity contribution in [3.05, 3.63) is 65.9 Å². The lowest BCUT2D eigenvalue weighted by Crippen LogP contribution is -2.37. The molecule has 7 nitrogen and oxygen atoms in total. The molecule has 2 heterocycles. The molecule has 0 spiro atoms. The van der Waals surface area contributed by atoms with Crippen LogP contribution in [-0.2, 0) is 21.2 Å². The lowest BCUT2D eigenvalue weighted by atomic mass is 10.0. The maximum Gasteiger partial charge on any atom is 0.282 e. The van der Waals surface area contributed by atoms with E-state index in [0.29, 0.717) is 36.0 Å². The number of nitrogens with zero attached hydrogens (tertiary/aromatic N) is 3. The van der Waals surface area contributed by atoms with E-state index in [1.54, 1.807) is 41.7 Å². The number of hydrogen-bond donors (Lipinski definition) is 1. The lowest BCUT2D eigenvalue weighted by Gasteiger charge is -2.29. The largest absolute Gasteiger partial charge is 0.361 e. The van der Waals surface area contributed by atoms with E-state index in [0.717, 1.165) is 30.5 Å². The van der Waals surface area contributed by atoms with Crippen molar-refractivity contribution >= 4 is 33.0 Å². The third-order valence-electron chi connectivity index (χ3n) is 6.29. The first kappa shape index (κ1) is 23.2. The van der Waals surface area contributed by atoms with Gasteiger partial charge in [-0.05, 0) is 68.0 Å². The molecule has 0 bridgehead atoms. The van der Waals surface area contributed by atoms with E-state index in [-0.39, 0.29) is 10.8 Å². The number of hydrogen-bond acceptors (Lipinski definition) is 5. The summed E-state index contributed by atoms with van der Waals surface area (Å²) in [6, 6.07) is 14.3. The highest BCUT2D eigenvalue weighted by atomic mass is 32.2. The van der Waals surface area contributed by atoms with E-state index in [4.69, 9.17) is 0 Å². The van der Waals surface area contributed by atoms with Gasteiger partial charge < -0.3 is 5.32 Å². The van der Waals surface area contributed by atoms with Gasteiger partial charge in [-0.2, -0.15) is 14.4 Å². The summed E-state index contributed by atoms with van der Waals surface area (Å²) < 4.78 is 27.5. The fraction of sp³-hybridized carbons (Fsp3) is 0.360. The summed E-state index contributed by atoms with van der Waals surface area (Å²) in [6.45, 7) is 7.10. The minimum atomic E-state index is -3.53. The van der Waals surface area contributed by atoms with Crippen molar-refractivity contribution in [2.45, 2.75) is 44.9 Å². The summed E-state index contributed by atoms with van der Waals surface area (Å²) in [7, 11) is -3.53. The van der Waals surface area contributed by atoms with E-state index in [2.05, 4.69) is 24.3 Å². The van der Waals surface area contributed by atoms with Gasteiger partial charge in [0.25, 0.3) is 5.91 Å². The predicted octanol–water partition coefficient (Wildman–Crippen LogP) is 4.39. The summed E-state index contributed by atoms with van der Waals surface area (Å²) in [6.07, 6.45) is 4.32. The first-order chi connectivity index (χ1) is 15.8. The zero-order chi connectivity index (χ0) is 23.6. The van der Waals surface area contributed by atoms with Gasteiger partial charge >= 0.3 is 0 Å². The van der Waals surface area contributed by atoms with Crippen LogP contribution < -0.4 is 10.3 Å². The second-order valence-corrected chi connectivity index (χ2v) is 10.5. The van der Waals surface area contributed by atoms with Crippen molar-refractivity contribution < 1.29 is 13.2 Å². The van der Waals surface area contributed by atoms with Crippen LogP contribution in [0.25, 0.3) is 0 Å². The molecule has 33 heavy (non-hydrogen) atoms. The number of benzene rings is 2. The number of anilines is 2. The Labute approximate surface area is 195 Å². The van der Waals surface area contributed by atoms with Crippen LogP contribution in [-0.4, -0.2) is 37.4 Å². The summed E-state index contributed by atoms with van der Waals surface area (Å²) in [5.41, 5.74) is 3.71. The average Bonchev–Trinajstić information content (AvgIpc) is 3.11. The van der Waals surface area contributed by atoms with Gasteiger partial charge in [-0.3, -0.25) is 4.79 Å². The van der Waals surface area contributed by atoms with Crippen LogP contribution in [0.2, 0.25) is 0 Å². The van der Waals surface area contributed by atoms with Crippen LogP contribution in [0.5, 0.6) is 0 Å². The quantitative estimate of drug-likeness (QED) is 0.640. The maximum absolute atomic E-state index is 13.0. The van der Waals surface area contributed by atoms with Crippen molar-refractivity contribution in [1.29, 1.82) is 0 Å². The van der Waals surface area contributed by atoms with E-state index >= 15 is 0 Å². The third-order valence-corrected chi connectivity index (χ3v) is 8.21. The van der Waals surface area contributed by atoms with E-state index < -0.39 is 10.0 Å². The molecule has 0 aliphatic carbocycles. The van der Waals surface area contributed by atoms with Gasteiger partial charge in [-0.1, -0.05) is 32.0 Å². The molecule has 1 fully saturated rings. The molecule has 1 N–H and O–H groups in total. The molecule has 2 aliphatic rings. The zero-order valence-corrected chi connectivity index (χ0v) is 20.1. The van der Waals surface area contributed by atoms with Crippen LogP contribution in [0.1, 0.15) is 39.2 Å². The van der Waals surface area contributed by atoms with E-state index in [1.165, 1.54) is 5.01 Å². The molecule has 4 rings (SSSR count). The van der Waals surface area contributed by atoms with Gasteiger partial charge in [0.2, 0.25) is 10.0 Å². The Balaban J connectivity index is 1.50. The number of aryl methyl sites for hydroxylation is 1. The van der Waals surface area contributed by atoms with Gasteiger partial charge in [0.1, 0.15) is 0 Å². The second-order valence-electron chi connectivity index (χ2n) is 8.60. The van der Waals surface area contributed by atoms with Gasteiger partial charge in [0, 0.05) is 25.0 Å². The van der Waals surface area contributed by atoms with Crippen molar-refractivity contribution in [3.63, 3.8) is 0 Å². The van der Waals surface area contributed by atoms with Crippen molar-refractivity contribution in [3.8, 4) is 0 Å². The number of sulfonamides is 1. The number of hydrazone groups is 1. The fourth-order valence-electron chi connectivity index (χ4n) is 4.11. The number of carbonyl (C=O) groups excluding carboxylic acids is 1. The van der Waals surface area contributed by atoms with Gasteiger partial charge in [0.15, 0.2) is 0 Å². The molecule has 2 aromatic carbocycles. The highest BCUT2D eigenvalue weighted by Crippen LogP contribution is 2.28. The van der Waals surface area contributed by atoms with E-state index in [1.807, 2.05) is 24.3 Å². The first-order valence-electron chi connectivity index (χ1n) is 11.4.